The van der Waals surface area contributed by atoms with Crippen molar-refractivity contribution in [2.45, 2.75) is 20.8 Å². The monoisotopic (exact) mass is 273 g/mol. The molecule has 0 radical (unpaired) electrons. The molecule has 0 aliphatic rings. The summed E-state index contributed by atoms with van der Waals surface area (Å²) in [6, 6.07) is 1.88. The molecule has 3 aromatic heterocycles. The number of thiophene rings is 1. The van der Waals surface area contributed by atoms with Gasteiger partial charge >= 0.3 is 0 Å². The van der Waals surface area contributed by atoms with Gasteiger partial charge in [-0.25, -0.2) is 9.97 Å². The first-order valence-corrected chi connectivity index (χ1v) is 7.06. The topological polar surface area (TPSA) is 51.0 Å². The van der Waals surface area contributed by atoms with E-state index >= 15 is 0 Å². The molecule has 0 bridgehead atoms. The summed E-state index contributed by atoms with van der Waals surface area (Å²) in [4.78, 5) is 11.6. The van der Waals surface area contributed by atoms with Crippen molar-refractivity contribution in [2.24, 2.45) is 0 Å². The van der Waals surface area contributed by atoms with Gasteiger partial charge in [0.25, 0.3) is 0 Å². The van der Waals surface area contributed by atoms with Crippen LogP contribution in [0.25, 0.3) is 21.6 Å². The maximum absolute atomic E-state index is 5.11. The molecule has 0 atom stereocenters. The molecule has 0 amide bonds. The predicted octanol–water partition coefficient (Wildman–Crippen LogP) is 4.00. The number of rotatable bonds is 3. The van der Waals surface area contributed by atoms with Crippen LogP contribution in [0.4, 0.5) is 5.82 Å². The minimum Gasteiger partial charge on any atom is -0.472 e. The second-order valence-electron chi connectivity index (χ2n) is 4.40. The van der Waals surface area contributed by atoms with E-state index in [4.69, 9.17) is 4.42 Å². The lowest BCUT2D eigenvalue weighted by atomic mass is 10.2. The fourth-order valence-electron chi connectivity index (χ4n) is 2.07. The molecule has 1 N–H and O–H groups in total. The number of hydrogen-bond donors (Lipinski definition) is 1. The van der Waals surface area contributed by atoms with E-state index in [1.807, 2.05) is 6.07 Å². The first-order chi connectivity index (χ1) is 9.20. The van der Waals surface area contributed by atoms with Crippen LogP contribution in [0.1, 0.15) is 17.4 Å². The highest BCUT2D eigenvalue weighted by atomic mass is 32.1. The van der Waals surface area contributed by atoms with Crippen LogP contribution in [0.15, 0.2) is 23.0 Å². The first kappa shape index (κ1) is 12.2. The zero-order valence-electron chi connectivity index (χ0n) is 11.2. The first-order valence-electron chi connectivity index (χ1n) is 6.25. The standard InChI is InChI=1S/C14H15N3OS/c1-4-15-13-11-8(2)9(3)19-14(11)17-12(16-13)10-5-6-18-7-10/h5-7H,4H2,1-3H3,(H,15,16,17). The zero-order valence-corrected chi connectivity index (χ0v) is 12.0. The van der Waals surface area contributed by atoms with Crippen LogP contribution in [0.3, 0.4) is 0 Å². The Balaban J connectivity index is 2.27. The Morgan fingerprint density at radius 2 is 2.16 bits per heavy atom. The van der Waals surface area contributed by atoms with Crippen molar-refractivity contribution >= 4 is 27.4 Å². The van der Waals surface area contributed by atoms with Gasteiger partial charge in [-0.15, -0.1) is 11.3 Å². The van der Waals surface area contributed by atoms with E-state index in [1.165, 1.54) is 10.4 Å². The quantitative estimate of drug-likeness (QED) is 0.783. The van der Waals surface area contributed by atoms with Gasteiger partial charge in [0.05, 0.1) is 17.2 Å². The minimum atomic E-state index is 0.707. The molecule has 0 aliphatic heterocycles. The molecule has 0 unspecified atom stereocenters. The van der Waals surface area contributed by atoms with Crippen molar-refractivity contribution in [1.29, 1.82) is 0 Å². The third-order valence-corrected chi connectivity index (χ3v) is 4.25. The fraction of sp³-hybridized carbons (Fsp3) is 0.286. The highest BCUT2D eigenvalue weighted by Gasteiger charge is 2.15. The number of aryl methyl sites for hydroxylation is 2. The number of nitrogens with one attached hydrogen (secondary N) is 1. The molecule has 0 aliphatic carbocycles. The molecule has 0 fully saturated rings. The lowest BCUT2D eigenvalue weighted by Crippen LogP contribution is -2.02. The third kappa shape index (κ3) is 2.00. The van der Waals surface area contributed by atoms with Crippen molar-refractivity contribution in [2.75, 3.05) is 11.9 Å². The second kappa shape index (κ2) is 4.66. The van der Waals surface area contributed by atoms with Crippen molar-refractivity contribution in [1.82, 2.24) is 9.97 Å². The van der Waals surface area contributed by atoms with Crippen molar-refractivity contribution in [3.05, 3.63) is 29.0 Å². The molecule has 3 rings (SSSR count). The highest BCUT2D eigenvalue weighted by Crippen LogP contribution is 2.34. The van der Waals surface area contributed by atoms with Crippen LogP contribution < -0.4 is 5.32 Å². The number of furan rings is 1. The summed E-state index contributed by atoms with van der Waals surface area (Å²) in [6.07, 6.45) is 3.31. The molecule has 98 valence electrons. The summed E-state index contributed by atoms with van der Waals surface area (Å²) >= 11 is 1.71. The van der Waals surface area contributed by atoms with Gasteiger partial charge in [-0.2, -0.15) is 0 Å². The van der Waals surface area contributed by atoms with Crippen LogP contribution in [-0.2, 0) is 0 Å². The average Bonchev–Trinajstić information content (AvgIpc) is 2.99. The third-order valence-electron chi connectivity index (χ3n) is 3.15. The Hall–Kier alpha value is -1.88. The van der Waals surface area contributed by atoms with Gasteiger partial charge in [-0.1, -0.05) is 0 Å². The van der Waals surface area contributed by atoms with E-state index in [2.05, 4.69) is 36.1 Å². The molecule has 3 aromatic rings. The van der Waals surface area contributed by atoms with E-state index in [0.29, 0.717) is 5.82 Å². The average molecular weight is 273 g/mol. The maximum Gasteiger partial charge on any atom is 0.166 e. The molecule has 0 aromatic carbocycles. The predicted molar refractivity (Wildman–Crippen MR) is 78.8 cm³/mol. The minimum absolute atomic E-state index is 0.707. The van der Waals surface area contributed by atoms with E-state index in [9.17, 15) is 0 Å². The summed E-state index contributed by atoms with van der Waals surface area (Å²) in [7, 11) is 0. The highest BCUT2D eigenvalue weighted by molar-refractivity contribution is 7.18. The van der Waals surface area contributed by atoms with Crippen molar-refractivity contribution < 1.29 is 4.42 Å². The molecule has 19 heavy (non-hydrogen) atoms. The number of aromatic nitrogens is 2. The SMILES string of the molecule is CCNc1nc(-c2ccoc2)nc2sc(C)c(C)c12. The van der Waals surface area contributed by atoms with E-state index in [-0.39, 0.29) is 0 Å². The van der Waals surface area contributed by atoms with Gasteiger partial charge < -0.3 is 9.73 Å². The van der Waals surface area contributed by atoms with E-state index in [1.54, 1.807) is 23.9 Å². The lowest BCUT2D eigenvalue weighted by molar-refractivity contribution is 0.568. The largest absolute Gasteiger partial charge is 0.472 e. The summed E-state index contributed by atoms with van der Waals surface area (Å²) in [5.74, 6) is 1.61. The molecule has 0 spiro atoms. The van der Waals surface area contributed by atoms with Crippen molar-refractivity contribution in [3.63, 3.8) is 0 Å². The molecule has 5 heteroatoms. The van der Waals surface area contributed by atoms with Gasteiger partial charge in [0.1, 0.15) is 16.9 Å². The number of nitrogens with zero attached hydrogens (tertiary/aromatic N) is 2. The second-order valence-corrected chi connectivity index (χ2v) is 5.60. The van der Waals surface area contributed by atoms with Gasteiger partial charge in [0, 0.05) is 11.4 Å². The van der Waals surface area contributed by atoms with E-state index < -0.39 is 0 Å². The Kier molecular flexibility index (Phi) is 2.98. The van der Waals surface area contributed by atoms with E-state index in [0.717, 1.165) is 28.1 Å². The summed E-state index contributed by atoms with van der Waals surface area (Å²) in [5.41, 5.74) is 2.17. The normalized spacial score (nSPS) is 11.1. The lowest BCUT2D eigenvalue weighted by Gasteiger charge is -2.07. The Morgan fingerprint density at radius 1 is 1.32 bits per heavy atom. The molecular formula is C14H15N3OS. The number of hydrogen-bond acceptors (Lipinski definition) is 5. The van der Waals surface area contributed by atoms with Gasteiger partial charge in [0.15, 0.2) is 5.82 Å². The zero-order chi connectivity index (χ0) is 13.4. The van der Waals surface area contributed by atoms with Gasteiger partial charge in [-0.3, -0.25) is 0 Å². The van der Waals surface area contributed by atoms with Crippen LogP contribution in [0.2, 0.25) is 0 Å². The van der Waals surface area contributed by atoms with Crippen LogP contribution in [0, 0.1) is 13.8 Å². The van der Waals surface area contributed by atoms with Crippen LogP contribution >= 0.6 is 11.3 Å². The summed E-state index contributed by atoms with van der Waals surface area (Å²) in [6.45, 7) is 7.15. The molecule has 3 heterocycles. The Morgan fingerprint density at radius 3 is 2.84 bits per heavy atom. The Labute approximate surface area is 115 Å². The van der Waals surface area contributed by atoms with Crippen LogP contribution in [-0.4, -0.2) is 16.5 Å². The van der Waals surface area contributed by atoms with Gasteiger partial charge in [0.2, 0.25) is 0 Å². The maximum atomic E-state index is 5.11. The summed E-state index contributed by atoms with van der Waals surface area (Å²) in [5, 5.41) is 4.47. The number of anilines is 1. The molecular weight excluding hydrogens is 258 g/mol. The van der Waals surface area contributed by atoms with Gasteiger partial charge in [-0.05, 0) is 32.4 Å². The Bertz CT molecular complexity index is 716. The summed E-state index contributed by atoms with van der Waals surface area (Å²) < 4.78 is 5.11. The smallest absolute Gasteiger partial charge is 0.166 e. The van der Waals surface area contributed by atoms with Crippen LogP contribution in [0.5, 0.6) is 0 Å². The molecule has 0 saturated heterocycles. The molecule has 4 nitrogen and oxygen atoms in total. The van der Waals surface area contributed by atoms with Crippen molar-refractivity contribution in [3.8, 4) is 11.4 Å². The molecule has 0 saturated carbocycles. The fourth-order valence-corrected chi connectivity index (χ4v) is 3.09. The number of fused-ring (bicyclic) bond motifs is 1.